The van der Waals surface area contributed by atoms with Gasteiger partial charge in [-0.2, -0.15) is 0 Å². The van der Waals surface area contributed by atoms with Crippen LogP contribution in [-0.2, 0) is 19.5 Å². The molecule has 0 atom stereocenters. The average Bonchev–Trinajstić information content (AvgIpc) is 2.31. The summed E-state index contributed by atoms with van der Waals surface area (Å²) in [6, 6.07) is 17.6. The molecule has 0 bridgehead atoms. The SMILES string of the molecule is CN1Cc2ccccc2Cc2ccccc2C1. The Labute approximate surface area is 103 Å². The molecular weight excluding hydrogens is 206 g/mol. The zero-order chi connectivity index (χ0) is 11.7. The summed E-state index contributed by atoms with van der Waals surface area (Å²) in [5.74, 6) is 0. The van der Waals surface area contributed by atoms with Gasteiger partial charge in [0.05, 0.1) is 0 Å². The third-order valence-electron chi connectivity index (χ3n) is 3.50. The molecular formula is C16H17N. The molecule has 0 amide bonds. The maximum absolute atomic E-state index is 2.39. The molecule has 0 N–H and O–H groups in total. The normalized spacial score (nSPS) is 15.6. The lowest BCUT2D eigenvalue weighted by molar-refractivity contribution is 0.315. The number of nitrogens with zero attached hydrogens (tertiary/aromatic N) is 1. The first-order valence-electron chi connectivity index (χ1n) is 6.15. The molecule has 1 nitrogen and oxygen atoms in total. The van der Waals surface area contributed by atoms with E-state index in [1.807, 2.05) is 0 Å². The van der Waals surface area contributed by atoms with Gasteiger partial charge < -0.3 is 0 Å². The van der Waals surface area contributed by atoms with Gasteiger partial charge in [-0.05, 0) is 35.7 Å². The molecule has 1 heterocycles. The van der Waals surface area contributed by atoms with Crippen molar-refractivity contribution in [2.24, 2.45) is 0 Å². The van der Waals surface area contributed by atoms with Gasteiger partial charge in [-0.3, -0.25) is 4.90 Å². The molecule has 0 aromatic heterocycles. The predicted octanol–water partition coefficient (Wildman–Crippen LogP) is 3.22. The molecule has 1 aliphatic rings. The van der Waals surface area contributed by atoms with Crippen molar-refractivity contribution in [3.8, 4) is 0 Å². The minimum absolute atomic E-state index is 1.05. The molecule has 0 spiro atoms. The van der Waals surface area contributed by atoms with Gasteiger partial charge in [0.2, 0.25) is 0 Å². The molecule has 0 saturated carbocycles. The molecule has 1 aliphatic heterocycles. The van der Waals surface area contributed by atoms with E-state index in [0.29, 0.717) is 0 Å². The molecule has 0 radical (unpaired) electrons. The molecule has 2 aromatic rings. The van der Waals surface area contributed by atoms with E-state index < -0.39 is 0 Å². The van der Waals surface area contributed by atoms with Gasteiger partial charge in [-0.25, -0.2) is 0 Å². The standard InChI is InChI=1S/C16H17N/c1-17-11-15-8-4-2-6-13(15)10-14-7-3-5-9-16(14)12-17/h2-9H,10-12H2,1H3. The first-order valence-corrected chi connectivity index (χ1v) is 6.15. The van der Waals surface area contributed by atoms with Crippen molar-refractivity contribution in [1.82, 2.24) is 4.90 Å². The molecule has 1 heteroatoms. The molecule has 17 heavy (non-hydrogen) atoms. The predicted molar refractivity (Wildman–Crippen MR) is 70.9 cm³/mol. The Morgan fingerprint density at radius 3 is 1.59 bits per heavy atom. The van der Waals surface area contributed by atoms with E-state index in [4.69, 9.17) is 0 Å². The Morgan fingerprint density at radius 1 is 0.706 bits per heavy atom. The van der Waals surface area contributed by atoms with Crippen LogP contribution in [0.3, 0.4) is 0 Å². The molecule has 3 rings (SSSR count). The van der Waals surface area contributed by atoms with Crippen molar-refractivity contribution in [3.63, 3.8) is 0 Å². The van der Waals surface area contributed by atoms with E-state index in [1.54, 1.807) is 0 Å². The Bertz CT molecular complexity index is 483. The highest BCUT2D eigenvalue weighted by Crippen LogP contribution is 2.23. The van der Waals surface area contributed by atoms with Gasteiger partial charge in [0.25, 0.3) is 0 Å². The van der Waals surface area contributed by atoms with E-state index in [-0.39, 0.29) is 0 Å². The van der Waals surface area contributed by atoms with E-state index in [1.165, 1.54) is 22.3 Å². The highest BCUT2D eigenvalue weighted by Gasteiger charge is 2.13. The minimum Gasteiger partial charge on any atom is -0.298 e. The van der Waals surface area contributed by atoms with Crippen LogP contribution in [0.5, 0.6) is 0 Å². The molecule has 86 valence electrons. The fourth-order valence-corrected chi connectivity index (χ4v) is 2.61. The fourth-order valence-electron chi connectivity index (χ4n) is 2.61. The van der Waals surface area contributed by atoms with Crippen LogP contribution in [0.15, 0.2) is 48.5 Å². The van der Waals surface area contributed by atoms with Crippen molar-refractivity contribution in [2.45, 2.75) is 19.5 Å². The fraction of sp³-hybridized carbons (Fsp3) is 0.250. The maximum atomic E-state index is 2.39. The Morgan fingerprint density at radius 2 is 1.12 bits per heavy atom. The van der Waals surface area contributed by atoms with Crippen molar-refractivity contribution in [1.29, 1.82) is 0 Å². The highest BCUT2D eigenvalue weighted by atomic mass is 15.1. The monoisotopic (exact) mass is 223 g/mol. The first-order chi connectivity index (χ1) is 8.33. The molecule has 0 saturated heterocycles. The van der Waals surface area contributed by atoms with E-state index >= 15 is 0 Å². The third kappa shape index (κ3) is 2.11. The van der Waals surface area contributed by atoms with Crippen LogP contribution in [-0.4, -0.2) is 11.9 Å². The number of hydrogen-bond donors (Lipinski definition) is 0. The number of rotatable bonds is 0. The Kier molecular flexibility index (Phi) is 2.69. The lowest BCUT2D eigenvalue weighted by atomic mass is 9.94. The lowest BCUT2D eigenvalue weighted by Crippen LogP contribution is -2.21. The zero-order valence-corrected chi connectivity index (χ0v) is 10.2. The second-order valence-corrected chi connectivity index (χ2v) is 4.89. The number of hydrogen-bond acceptors (Lipinski definition) is 1. The van der Waals surface area contributed by atoms with Gasteiger partial charge in [-0.1, -0.05) is 48.5 Å². The Balaban J connectivity index is 2.09. The Hall–Kier alpha value is -1.60. The summed E-state index contributed by atoms with van der Waals surface area (Å²) in [4.78, 5) is 2.39. The first kappa shape index (κ1) is 10.5. The van der Waals surface area contributed by atoms with Gasteiger partial charge >= 0.3 is 0 Å². The van der Waals surface area contributed by atoms with Gasteiger partial charge in [-0.15, -0.1) is 0 Å². The minimum atomic E-state index is 1.05. The van der Waals surface area contributed by atoms with Gasteiger partial charge in [0, 0.05) is 13.1 Å². The van der Waals surface area contributed by atoms with Crippen molar-refractivity contribution in [3.05, 3.63) is 70.8 Å². The zero-order valence-electron chi connectivity index (χ0n) is 10.2. The third-order valence-corrected chi connectivity index (χ3v) is 3.50. The van der Waals surface area contributed by atoms with Crippen molar-refractivity contribution < 1.29 is 0 Å². The average molecular weight is 223 g/mol. The number of fused-ring (bicyclic) bond motifs is 2. The van der Waals surface area contributed by atoms with Crippen molar-refractivity contribution >= 4 is 0 Å². The topological polar surface area (TPSA) is 3.24 Å². The summed E-state index contributed by atoms with van der Waals surface area (Å²) >= 11 is 0. The van der Waals surface area contributed by atoms with Gasteiger partial charge in [0.1, 0.15) is 0 Å². The highest BCUT2D eigenvalue weighted by molar-refractivity contribution is 5.37. The van der Waals surface area contributed by atoms with E-state index in [2.05, 4.69) is 60.5 Å². The summed E-state index contributed by atoms with van der Waals surface area (Å²) in [5, 5.41) is 0. The lowest BCUT2D eigenvalue weighted by Gasteiger charge is -2.24. The van der Waals surface area contributed by atoms with Crippen LogP contribution in [0, 0.1) is 0 Å². The maximum Gasteiger partial charge on any atom is 0.0237 e. The van der Waals surface area contributed by atoms with Crippen molar-refractivity contribution in [2.75, 3.05) is 7.05 Å². The van der Waals surface area contributed by atoms with Gasteiger partial charge in [0.15, 0.2) is 0 Å². The smallest absolute Gasteiger partial charge is 0.0237 e. The quantitative estimate of drug-likeness (QED) is 0.663. The van der Waals surface area contributed by atoms with Crippen LogP contribution >= 0.6 is 0 Å². The molecule has 0 unspecified atom stereocenters. The second kappa shape index (κ2) is 4.34. The summed E-state index contributed by atoms with van der Waals surface area (Å²) < 4.78 is 0. The van der Waals surface area contributed by atoms with Crippen LogP contribution < -0.4 is 0 Å². The summed E-state index contributed by atoms with van der Waals surface area (Å²) in [6.07, 6.45) is 1.07. The summed E-state index contributed by atoms with van der Waals surface area (Å²) in [5.41, 5.74) is 5.85. The second-order valence-electron chi connectivity index (χ2n) is 4.89. The summed E-state index contributed by atoms with van der Waals surface area (Å²) in [6.45, 7) is 2.09. The molecule has 0 aliphatic carbocycles. The van der Waals surface area contributed by atoms with Crippen LogP contribution in [0.25, 0.3) is 0 Å². The van der Waals surface area contributed by atoms with Crippen LogP contribution in [0.1, 0.15) is 22.3 Å². The summed E-state index contributed by atoms with van der Waals surface area (Å²) in [7, 11) is 2.19. The van der Waals surface area contributed by atoms with E-state index in [0.717, 1.165) is 19.5 Å². The van der Waals surface area contributed by atoms with Crippen LogP contribution in [0.2, 0.25) is 0 Å². The largest absolute Gasteiger partial charge is 0.298 e. The number of benzene rings is 2. The van der Waals surface area contributed by atoms with Crippen LogP contribution in [0.4, 0.5) is 0 Å². The molecule has 0 fully saturated rings. The molecule has 2 aromatic carbocycles. The van der Waals surface area contributed by atoms with E-state index in [9.17, 15) is 0 Å².